The Kier molecular flexibility index (Phi) is 5.20. The summed E-state index contributed by atoms with van der Waals surface area (Å²) in [4.78, 5) is 25.9. The smallest absolute Gasteiger partial charge is 0.243 e. The third-order valence-corrected chi connectivity index (χ3v) is 6.33. The molecular formula is C15H26N2O3S. The van der Waals surface area contributed by atoms with Crippen molar-refractivity contribution in [3.63, 3.8) is 0 Å². The number of rotatable bonds is 6. The number of thioether (sulfide) groups is 1. The van der Waals surface area contributed by atoms with E-state index in [4.69, 9.17) is 0 Å². The van der Waals surface area contributed by atoms with Crippen LogP contribution >= 0.6 is 11.8 Å². The maximum absolute atomic E-state index is 12.3. The van der Waals surface area contributed by atoms with Crippen LogP contribution in [0.2, 0.25) is 0 Å². The minimum absolute atomic E-state index is 0.0724. The SMILES string of the molecule is CCC(CC)C(O)CNC(=O)C1CSC2(C)CCC(=O)N12. The summed E-state index contributed by atoms with van der Waals surface area (Å²) in [6.07, 6.45) is 2.63. The van der Waals surface area contributed by atoms with Crippen LogP contribution in [0, 0.1) is 5.92 Å². The summed E-state index contributed by atoms with van der Waals surface area (Å²) in [5.41, 5.74) is 0. The van der Waals surface area contributed by atoms with Crippen LogP contribution in [0.4, 0.5) is 0 Å². The third-order valence-electron chi connectivity index (χ3n) is 4.83. The highest BCUT2D eigenvalue weighted by atomic mass is 32.2. The summed E-state index contributed by atoms with van der Waals surface area (Å²) in [7, 11) is 0. The molecule has 0 spiro atoms. The summed E-state index contributed by atoms with van der Waals surface area (Å²) in [6, 6.07) is -0.385. The third kappa shape index (κ3) is 3.21. The molecule has 2 aliphatic rings. The van der Waals surface area contributed by atoms with E-state index in [1.807, 2.05) is 20.8 Å². The molecule has 3 atom stereocenters. The van der Waals surface area contributed by atoms with Gasteiger partial charge >= 0.3 is 0 Å². The van der Waals surface area contributed by atoms with E-state index in [-0.39, 0.29) is 35.2 Å². The molecule has 0 radical (unpaired) electrons. The Balaban J connectivity index is 1.91. The van der Waals surface area contributed by atoms with Crippen molar-refractivity contribution in [1.82, 2.24) is 10.2 Å². The van der Waals surface area contributed by atoms with Gasteiger partial charge in [-0.15, -0.1) is 11.8 Å². The minimum atomic E-state index is -0.515. The lowest BCUT2D eigenvalue weighted by atomic mass is 9.96. The normalized spacial score (nSPS) is 29.9. The van der Waals surface area contributed by atoms with Gasteiger partial charge in [-0.2, -0.15) is 0 Å². The number of carbonyl (C=O) groups excluding carboxylic acids is 2. The molecule has 2 heterocycles. The Morgan fingerprint density at radius 3 is 2.81 bits per heavy atom. The van der Waals surface area contributed by atoms with Gasteiger partial charge in [-0.25, -0.2) is 0 Å². The van der Waals surface area contributed by atoms with Crippen molar-refractivity contribution >= 4 is 23.6 Å². The van der Waals surface area contributed by atoms with Gasteiger partial charge in [0.1, 0.15) is 6.04 Å². The van der Waals surface area contributed by atoms with Crippen LogP contribution in [0.15, 0.2) is 0 Å². The number of nitrogens with zero attached hydrogens (tertiary/aromatic N) is 1. The molecule has 2 fully saturated rings. The van der Waals surface area contributed by atoms with E-state index in [9.17, 15) is 14.7 Å². The molecule has 120 valence electrons. The average molecular weight is 314 g/mol. The summed E-state index contributed by atoms with van der Waals surface area (Å²) < 4.78 is 0. The van der Waals surface area contributed by atoms with Crippen LogP contribution in [0.5, 0.6) is 0 Å². The van der Waals surface area contributed by atoms with Crippen molar-refractivity contribution in [2.75, 3.05) is 12.3 Å². The molecule has 0 saturated carbocycles. The van der Waals surface area contributed by atoms with Crippen LogP contribution < -0.4 is 5.32 Å². The summed E-state index contributed by atoms with van der Waals surface area (Å²) in [6.45, 7) is 6.39. The fourth-order valence-corrected chi connectivity index (χ4v) is 4.77. The Morgan fingerprint density at radius 2 is 2.19 bits per heavy atom. The number of aliphatic hydroxyl groups excluding tert-OH is 1. The van der Waals surface area contributed by atoms with Gasteiger partial charge < -0.3 is 15.3 Å². The molecule has 5 nitrogen and oxygen atoms in total. The topological polar surface area (TPSA) is 69.6 Å². The first-order chi connectivity index (χ1) is 9.92. The fourth-order valence-electron chi connectivity index (χ4n) is 3.34. The second-order valence-electron chi connectivity index (χ2n) is 6.15. The zero-order valence-corrected chi connectivity index (χ0v) is 13.9. The molecular weight excluding hydrogens is 288 g/mol. The summed E-state index contributed by atoms with van der Waals surface area (Å²) in [5, 5.41) is 12.9. The van der Waals surface area contributed by atoms with Gasteiger partial charge in [0.2, 0.25) is 11.8 Å². The van der Waals surface area contributed by atoms with Crippen molar-refractivity contribution in [1.29, 1.82) is 0 Å². The van der Waals surface area contributed by atoms with Crippen LogP contribution in [-0.4, -0.2) is 51.1 Å². The zero-order valence-electron chi connectivity index (χ0n) is 13.1. The van der Waals surface area contributed by atoms with Crippen molar-refractivity contribution < 1.29 is 14.7 Å². The van der Waals surface area contributed by atoms with Crippen molar-refractivity contribution in [2.24, 2.45) is 5.92 Å². The van der Waals surface area contributed by atoms with Gasteiger partial charge in [-0.1, -0.05) is 26.7 Å². The number of hydrogen-bond donors (Lipinski definition) is 2. The predicted molar refractivity (Wildman–Crippen MR) is 83.8 cm³/mol. The molecule has 2 rings (SSSR count). The number of amides is 2. The summed E-state index contributed by atoms with van der Waals surface area (Å²) >= 11 is 1.69. The number of fused-ring (bicyclic) bond motifs is 1. The van der Waals surface area contributed by atoms with Gasteiger partial charge in [0, 0.05) is 18.7 Å². The van der Waals surface area contributed by atoms with Crippen LogP contribution in [0.3, 0.4) is 0 Å². The number of aliphatic hydroxyl groups is 1. The van der Waals surface area contributed by atoms with E-state index in [0.717, 1.165) is 19.3 Å². The lowest BCUT2D eigenvalue weighted by Gasteiger charge is -2.30. The van der Waals surface area contributed by atoms with Crippen LogP contribution in [-0.2, 0) is 9.59 Å². The average Bonchev–Trinajstić information content (AvgIpc) is 2.95. The molecule has 2 amide bonds. The van der Waals surface area contributed by atoms with Crippen molar-refractivity contribution in [3.05, 3.63) is 0 Å². The van der Waals surface area contributed by atoms with E-state index in [2.05, 4.69) is 5.32 Å². The fraction of sp³-hybridized carbons (Fsp3) is 0.867. The molecule has 0 aromatic heterocycles. The second kappa shape index (κ2) is 6.57. The van der Waals surface area contributed by atoms with Crippen LogP contribution in [0.1, 0.15) is 46.5 Å². The van der Waals surface area contributed by atoms with Crippen molar-refractivity contribution in [3.8, 4) is 0 Å². The molecule has 0 bridgehead atoms. The van der Waals surface area contributed by atoms with Crippen molar-refractivity contribution in [2.45, 2.75) is 63.5 Å². The Hall–Kier alpha value is -0.750. The molecule has 2 saturated heterocycles. The first-order valence-corrected chi connectivity index (χ1v) is 8.83. The Bertz CT molecular complexity index is 414. The van der Waals surface area contributed by atoms with E-state index < -0.39 is 6.10 Å². The lowest BCUT2D eigenvalue weighted by Crippen LogP contribution is -2.51. The molecule has 0 aromatic carbocycles. The first-order valence-electron chi connectivity index (χ1n) is 7.84. The van der Waals surface area contributed by atoms with Gasteiger partial charge in [0.25, 0.3) is 0 Å². The van der Waals surface area contributed by atoms with Gasteiger partial charge in [-0.3, -0.25) is 9.59 Å². The Morgan fingerprint density at radius 1 is 1.52 bits per heavy atom. The first kappa shape index (κ1) is 16.6. The highest BCUT2D eigenvalue weighted by Crippen LogP contribution is 2.47. The van der Waals surface area contributed by atoms with E-state index in [1.165, 1.54) is 0 Å². The van der Waals surface area contributed by atoms with Gasteiger partial charge in [0.05, 0.1) is 11.0 Å². The molecule has 2 N–H and O–H groups in total. The maximum atomic E-state index is 12.3. The molecule has 6 heteroatoms. The monoisotopic (exact) mass is 314 g/mol. The van der Waals surface area contributed by atoms with E-state index >= 15 is 0 Å². The van der Waals surface area contributed by atoms with E-state index in [1.54, 1.807) is 16.7 Å². The zero-order chi connectivity index (χ0) is 15.6. The molecule has 3 unspecified atom stereocenters. The van der Waals surface area contributed by atoms with Gasteiger partial charge in [-0.05, 0) is 19.3 Å². The Labute approximate surface area is 130 Å². The lowest BCUT2D eigenvalue weighted by molar-refractivity contribution is -0.138. The predicted octanol–water partition coefficient (Wildman–Crippen LogP) is 1.35. The largest absolute Gasteiger partial charge is 0.391 e. The standard InChI is InChI=1S/C15H26N2O3S/c1-4-10(5-2)12(18)8-16-14(20)11-9-21-15(3)7-6-13(19)17(11)15/h10-12,18H,4-9H2,1-3H3,(H,16,20). The van der Waals surface area contributed by atoms with Crippen LogP contribution in [0.25, 0.3) is 0 Å². The van der Waals surface area contributed by atoms with Gasteiger partial charge in [0.15, 0.2) is 0 Å². The second-order valence-corrected chi connectivity index (χ2v) is 7.66. The van der Waals surface area contributed by atoms with E-state index in [0.29, 0.717) is 12.2 Å². The molecule has 21 heavy (non-hydrogen) atoms. The summed E-state index contributed by atoms with van der Waals surface area (Å²) in [5.74, 6) is 0.798. The molecule has 0 aliphatic carbocycles. The number of carbonyl (C=O) groups is 2. The highest BCUT2D eigenvalue weighted by molar-refractivity contribution is 8.01. The number of hydrogen-bond acceptors (Lipinski definition) is 4. The molecule has 2 aliphatic heterocycles. The quantitative estimate of drug-likeness (QED) is 0.776. The number of nitrogens with one attached hydrogen (secondary N) is 1. The maximum Gasteiger partial charge on any atom is 0.243 e. The highest BCUT2D eigenvalue weighted by Gasteiger charge is 2.52. The minimum Gasteiger partial charge on any atom is -0.391 e. The molecule has 0 aromatic rings.